The van der Waals surface area contributed by atoms with E-state index in [1.807, 2.05) is 0 Å². The summed E-state index contributed by atoms with van der Waals surface area (Å²) in [6.45, 7) is 1.38. The standard InChI is InChI=1S/C15H17NO2/c1-16-8-10-6-14-15(18-9-17-14)7-12(10)11-4-2-3-5-13(11)16/h2-3,6-7,11,13H,4-5,8-9H2,1H3. The van der Waals surface area contributed by atoms with Crippen LogP contribution in [-0.4, -0.2) is 24.8 Å². The Balaban J connectivity index is 1.83. The largest absolute Gasteiger partial charge is 0.454 e. The second-order valence-electron chi connectivity index (χ2n) is 5.44. The first-order valence-electron chi connectivity index (χ1n) is 6.60. The van der Waals surface area contributed by atoms with Gasteiger partial charge in [-0.25, -0.2) is 0 Å². The van der Waals surface area contributed by atoms with Crippen LogP contribution in [0, 0.1) is 0 Å². The quantitative estimate of drug-likeness (QED) is 0.654. The number of ether oxygens (including phenoxy) is 2. The van der Waals surface area contributed by atoms with Crippen LogP contribution in [0.2, 0.25) is 0 Å². The molecule has 0 bridgehead atoms. The van der Waals surface area contributed by atoms with Crippen molar-refractivity contribution in [2.75, 3.05) is 13.8 Å². The molecule has 0 saturated carbocycles. The van der Waals surface area contributed by atoms with Gasteiger partial charge < -0.3 is 9.47 Å². The SMILES string of the molecule is CN1Cc2cc3c(cc2C2CC=CCC21)OCO3. The molecule has 94 valence electrons. The first-order valence-corrected chi connectivity index (χ1v) is 6.60. The van der Waals surface area contributed by atoms with Gasteiger partial charge in [0.05, 0.1) is 0 Å². The molecule has 0 N–H and O–H groups in total. The number of fused-ring (bicyclic) bond motifs is 4. The highest BCUT2D eigenvalue weighted by Crippen LogP contribution is 2.44. The summed E-state index contributed by atoms with van der Waals surface area (Å²) < 4.78 is 11.0. The van der Waals surface area contributed by atoms with Crippen molar-refractivity contribution in [3.8, 4) is 11.5 Å². The van der Waals surface area contributed by atoms with Gasteiger partial charge in [0.25, 0.3) is 0 Å². The lowest BCUT2D eigenvalue weighted by Gasteiger charge is -2.41. The second-order valence-corrected chi connectivity index (χ2v) is 5.44. The zero-order valence-corrected chi connectivity index (χ0v) is 10.6. The van der Waals surface area contributed by atoms with Crippen molar-refractivity contribution in [1.29, 1.82) is 0 Å². The molecule has 0 aromatic heterocycles. The molecule has 0 radical (unpaired) electrons. The number of nitrogens with zero attached hydrogens (tertiary/aromatic N) is 1. The molecule has 0 amide bonds. The maximum atomic E-state index is 5.52. The van der Waals surface area contributed by atoms with Gasteiger partial charge in [-0.1, -0.05) is 12.2 Å². The van der Waals surface area contributed by atoms with Crippen LogP contribution < -0.4 is 9.47 Å². The minimum Gasteiger partial charge on any atom is -0.454 e. The number of rotatable bonds is 0. The molecule has 2 atom stereocenters. The normalized spacial score (nSPS) is 28.9. The summed E-state index contributed by atoms with van der Waals surface area (Å²) in [5.74, 6) is 2.44. The Morgan fingerprint density at radius 2 is 1.89 bits per heavy atom. The van der Waals surface area contributed by atoms with E-state index in [1.54, 1.807) is 0 Å². The summed E-state index contributed by atoms with van der Waals surface area (Å²) in [5.41, 5.74) is 2.87. The van der Waals surface area contributed by atoms with E-state index >= 15 is 0 Å². The predicted octanol–water partition coefficient (Wildman–Crippen LogP) is 2.66. The fourth-order valence-corrected chi connectivity index (χ4v) is 3.49. The lowest BCUT2D eigenvalue weighted by atomic mass is 9.77. The molecule has 0 fully saturated rings. The average Bonchev–Trinajstić information content (AvgIpc) is 2.84. The Hall–Kier alpha value is -1.48. The third kappa shape index (κ3) is 1.40. The summed E-state index contributed by atoms with van der Waals surface area (Å²) >= 11 is 0. The topological polar surface area (TPSA) is 21.7 Å². The summed E-state index contributed by atoms with van der Waals surface area (Å²) in [5, 5.41) is 0. The highest BCUT2D eigenvalue weighted by atomic mass is 16.7. The van der Waals surface area contributed by atoms with Crippen molar-refractivity contribution in [2.45, 2.75) is 31.3 Å². The van der Waals surface area contributed by atoms with Gasteiger partial charge in [0.2, 0.25) is 6.79 Å². The third-order valence-corrected chi connectivity index (χ3v) is 4.42. The molecule has 0 saturated heterocycles. The Morgan fingerprint density at radius 1 is 1.11 bits per heavy atom. The molecule has 2 unspecified atom stereocenters. The highest BCUT2D eigenvalue weighted by molar-refractivity contribution is 5.51. The van der Waals surface area contributed by atoms with E-state index < -0.39 is 0 Å². The number of hydrogen-bond donors (Lipinski definition) is 0. The van der Waals surface area contributed by atoms with E-state index in [0.29, 0.717) is 18.8 Å². The van der Waals surface area contributed by atoms with Crippen molar-refractivity contribution < 1.29 is 9.47 Å². The molecular formula is C15H17NO2. The monoisotopic (exact) mass is 243 g/mol. The molecule has 18 heavy (non-hydrogen) atoms. The second kappa shape index (κ2) is 3.75. The summed E-state index contributed by atoms with van der Waals surface area (Å²) in [6, 6.07) is 5.02. The highest BCUT2D eigenvalue weighted by Gasteiger charge is 2.34. The van der Waals surface area contributed by atoms with Crippen LogP contribution in [0.1, 0.15) is 29.9 Å². The zero-order valence-electron chi connectivity index (χ0n) is 10.6. The fraction of sp³-hybridized carbons (Fsp3) is 0.467. The summed E-state index contributed by atoms with van der Waals surface area (Å²) in [4.78, 5) is 2.47. The van der Waals surface area contributed by atoms with Crippen molar-refractivity contribution in [2.24, 2.45) is 0 Å². The number of hydrogen-bond acceptors (Lipinski definition) is 3. The molecule has 1 aromatic carbocycles. The Kier molecular flexibility index (Phi) is 2.18. The van der Waals surface area contributed by atoms with Gasteiger partial charge in [-0.2, -0.15) is 0 Å². The first kappa shape index (κ1) is 10.4. The fourth-order valence-electron chi connectivity index (χ4n) is 3.49. The van der Waals surface area contributed by atoms with E-state index in [-0.39, 0.29) is 0 Å². The van der Waals surface area contributed by atoms with E-state index in [1.165, 1.54) is 11.1 Å². The molecule has 4 rings (SSSR count). The van der Waals surface area contributed by atoms with E-state index in [9.17, 15) is 0 Å². The lowest BCUT2D eigenvalue weighted by Crippen LogP contribution is -2.41. The van der Waals surface area contributed by atoms with Gasteiger partial charge in [-0.05, 0) is 43.1 Å². The van der Waals surface area contributed by atoms with Gasteiger partial charge in [-0.15, -0.1) is 0 Å². The molecule has 3 nitrogen and oxygen atoms in total. The van der Waals surface area contributed by atoms with Crippen LogP contribution in [0.25, 0.3) is 0 Å². The minimum atomic E-state index is 0.363. The van der Waals surface area contributed by atoms with E-state index in [2.05, 4.69) is 36.2 Å². The van der Waals surface area contributed by atoms with Crippen molar-refractivity contribution >= 4 is 0 Å². The van der Waals surface area contributed by atoms with Crippen LogP contribution in [0.5, 0.6) is 11.5 Å². The molecule has 1 aromatic rings. The third-order valence-electron chi connectivity index (χ3n) is 4.42. The van der Waals surface area contributed by atoms with Gasteiger partial charge in [-0.3, -0.25) is 4.90 Å². The lowest BCUT2D eigenvalue weighted by molar-refractivity contribution is 0.174. The van der Waals surface area contributed by atoms with Crippen LogP contribution in [-0.2, 0) is 6.54 Å². The Morgan fingerprint density at radius 3 is 2.78 bits per heavy atom. The van der Waals surface area contributed by atoms with E-state index in [4.69, 9.17) is 9.47 Å². The van der Waals surface area contributed by atoms with Crippen molar-refractivity contribution in [3.05, 3.63) is 35.4 Å². The number of benzene rings is 1. The molecule has 3 aliphatic rings. The molecule has 0 spiro atoms. The molecular weight excluding hydrogens is 226 g/mol. The van der Waals surface area contributed by atoms with Crippen LogP contribution in [0.3, 0.4) is 0 Å². The maximum absolute atomic E-state index is 5.52. The summed E-state index contributed by atoms with van der Waals surface area (Å²) in [7, 11) is 2.23. The smallest absolute Gasteiger partial charge is 0.231 e. The first-order chi connectivity index (χ1) is 8.83. The predicted molar refractivity (Wildman–Crippen MR) is 68.9 cm³/mol. The van der Waals surface area contributed by atoms with Gasteiger partial charge in [0.15, 0.2) is 11.5 Å². The van der Waals surface area contributed by atoms with Gasteiger partial charge in [0, 0.05) is 18.5 Å². The number of allylic oxidation sites excluding steroid dienone is 1. The zero-order chi connectivity index (χ0) is 12.1. The number of likely N-dealkylation sites (N-methyl/N-ethyl adjacent to an activating group) is 1. The Labute approximate surface area is 107 Å². The average molecular weight is 243 g/mol. The Bertz CT molecular complexity index is 523. The summed E-state index contributed by atoms with van der Waals surface area (Å²) in [6.07, 6.45) is 6.93. The van der Waals surface area contributed by atoms with Crippen molar-refractivity contribution in [1.82, 2.24) is 4.90 Å². The van der Waals surface area contributed by atoms with E-state index in [0.717, 1.165) is 30.9 Å². The van der Waals surface area contributed by atoms with Crippen LogP contribution in [0.15, 0.2) is 24.3 Å². The van der Waals surface area contributed by atoms with Crippen LogP contribution >= 0.6 is 0 Å². The maximum Gasteiger partial charge on any atom is 0.231 e. The van der Waals surface area contributed by atoms with Gasteiger partial charge >= 0.3 is 0 Å². The molecule has 3 heteroatoms. The molecule has 2 heterocycles. The minimum absolute atomic E-state index is 0.363. The van der Waals surface area contributed by atoms with Gasteiger partial charge in [0.1, 0.15) is 0 Å². The van der Waals surface area contributed by atoms with Crippen LogP contribution in [0.4, 0.5) is 0 Å². The van der Waals surface area contributed by atoms with Crippen molar-refractivity contribution in [3.63, 3.8) is 0 Å². The molecule has 2 aliphatic heterocycles. The molecule has 1 aliphatic carbocycles.